The largest absolute Gasteiger partial charge is 0.453 e. The third kappa shape index (κ3) is 1.90. The lowest BCUT2D eigenvalue weighted by molar-refractivity contribution is 0.125. The zero-order valence-electron chi connectivity index (χ0n) is 8.41. The summed E-state index contributed by atoms with van der Waals surface area (Å²) < 4.78 is 7.37. The zero-order valence-corrected chi connectivity index (χ0v) is 9.23. The number of methoxy groups -OCH3 is 1. The summed E-state index contributed by atoms with van der Waals surface area (Å²) in [6.45, 7) is 1.17. The fraction of sp³-hybridized carbons (Fsp3) is 0.556. The molecule has 82 valence electrons. The van der Waals surface area contributed by atoms with E-state index in [2.05, 4.69) is 9.11 Å². The van der Waals surface area contributed by atoms with Crippen molar-refractivity contribution in [2.24, 2.45) is 0 Å². The minimum absolute atomic E-state index is 0.0123. The standard InChI is InChI=1S/C9H12N2O3S/c1-14-9(13)11-4-2-6-7(3-5-11)15-10-8(6)12/h2-5H2,1H3,(H,10,12). The molecule has 1 aromatic heterocycles. The quantitative estimate of drug-likeness (QED) is 0.707. The van der Waals surface area contributed by atoms with E-state index in [1.807, 2.05) is 0 Å². The Hall–Kier alpha value is -1.30. The summed E-state index contributed by atoms with van der Waals surface area (Å²) in [6.07, 6.45) is 1.03. The van der Waals surface area contributed by atoms with Crippen molar-refractivity contribution in [2.45, 2.75) is 12.8 Å². The van der Waals surface area contributed by atoms with Crippen molar-refractivity contribution in [1.82, 2.24) is 9.27 Å². The van der Waals surface area contributed by atoms with Crippen LogP contribution in [0.15, 0.2) is 4.79 Å². The molecule has 5 nitrogen and oxygen atoms in total. The number of amides is 1. The molecule has 0 aliphatic carbocycles. The van der Waals surface area contributed by atoms with E-state index in [1.54, 1.807) is 4.90 Å². The second-order valence-electron chi connectivity index (χ2n) is 3.39. The van der Waals surface area contributed by atoms with Crippen LogP contribution in [-0.4, -0.2) is 35.6 Å². The monoisotopic (exact) mass is 228 g/mol. The van der Waals surface area contributed by atoms with Crippen LogP contribution in [0.2, 0.25) is 0 Å². The molecular weight excluding hydrogens is 216 g/mol. The number of H-pyrrole nitrogens is 1. The van der Waals surface area contributed by atoms with E-state index >= 15 is 0 Å². The Labute approximate surface area is 90.8 Å². The van der Waals surface area contributed by atoms with Gasteiger partial charge in [0.2, 0.25) is 0 Å². The number of hydrogen-bond acceptors (Lipinski definition) is 4. The van der Waals surface area contributed by atoms with Crippen molar-refractivity contribution in [1.29, 1.82) is 0 Å². The molecule has 2 rings (SSSR count). The third-order valence-corrected chi connectivity index (χ3v) is 3.54. The van der Waals surface area contributed by atoms with Crippen LogP contribution in [0.3, 0.4) is 0 Å². The summed E-state index contributed by atoms with van der Waals surface area (Å²) in [6, 6.07) is 0. The number of nitrogens with zero attached hydrogens (tertiary/aromatic N) is 1. The molecule has 1 aliphatic rings. The second kappa shape index (κ2) is 4.06. The molecular formula is C9H12N2O3S. The van der Waals surface area contributed by atoms with E-state index in [-0.39, 0.29) is 11.7 Å². The topological polar surface area (TPSA) is 62.4 Å². The van der Waals surface area contributed by atoms with Gasteiger partial charge in [0.15, 0.2) is 0 Å². The van der Waals surface area contributed by atoms with E-state index in [4.69, 9.17) is 0 Å². The van der Waals surface area contributed by atoms with Gasteiger partial charge in [-0.3, -0.25) is 9.17 Å². The summed E-state index contributed by atoms with van der Waals surface area (Å²) in [5.74, 6) is 0. The van der Waals surface area contributed by atoms with Gasteiger partial charge in [0.05, 0.1) is 7.11 Å². The average Bonchev–Trinajstić information content (AvgIpc) is 2.50. The van der Waals surface area contributed by atoms with Crippen molar-refractivity contribution >= 4 is 17.6 Å². The van der Waals surface area contributed by atoms with Gasteiger partial charge in [0.1, 0.15) is 0 Å². The van der Waals surface area contributed by atoms with Crippen molar-refractivity contribution in [3.63, 3.8) is 0 Å². The molecule has 1 aromatic rings. The zero-order chi connectivity index (χ0) is 10.8. The van der Waals surface area contributed by atoms with Gasteiger partial charge in [-0.25, -0.2) is 4.79 Å². The molecule has 2 heterocycles. The Balaban J connectivity index is 2.15. The van der Waals surface area contributed by atoms with Crippen LogP contribution in [-0.2, 0) is 17.6 Å². The molecule has 0 radical (unpaired) electrons. The lowest BCUT2D eigenvalue weighted by Gasteiger charge is -2.17. The van der Waals surface area contributed by atoms with E-state index in [0.717, 1.165) is 16.9 Å². The summed E-state index contributed by atoms with van der Waals surface area (Å²) in [5, 5.41) is 0. The Bertz CT molecular complexity index is 423. The van der Waals surface area contributed by atoms with E-state index < -0.39 is 0 Å². The second-order valence-corrected chi connectivity index (χ2v) is 4.29. The van der Waals surface area contributed by atoms with E-state index in [1.165, 1.54) is 18.6 Å². The number of aromatic amines is 1. The summed E-state index contributed by atoms with van der Waals surface area (Å²) in [4.78, 5) is 25.4. The predicted octanol–water partition coefficient (Wildman–Crippen LogP) is 0.603. The highest BCUT2D eigenvalue weighted by Crippen LogP contribution is 2.16. The van der Waals surface area contributed by atoms with Gasteiger partial charge in [0.25, 0.3) is 5.56 Å². The fourth-order valence-electron chi connectivity index (χ4n) is 1.72. The Morgan fingerprint density at radius 3 is 2.93 bits per heavy atom. The number of fused-ring (bicyclic) bond motifs is 1. The minimum Gasteiger partial charge on any atom is -0.453 e. The Kier molecular flexibility index (Phi) is 2.77. The maximum Gasteiger partial charge on any atom is 0.409 e. The molecule has 0 spiro atoms. The van der Waals surface area contributed by atoms with Crippen LogP contribution in [0.5, 0.6) is 0 Å². The van der Waals surface area contributed by atoms with Gasteiger partial charge in [-0.1, -0.05) is 11.5 Å². The summed E-state index contributed by atoms with van der Waals surface area (Å²) >= 11 is 1.37. The van der Waals surface area contributed by atoms with Crippen LogP contribution in [0.1, 0.15) is 10.4 Å². The number of ether oxygens (including phenoxy) is 1. The molecule has 6 heteroatoms. The molecule has 15 heavy (non-hydrogen) atoms. The lowest BCUT2D eigenvalue weighted by Crippen LogP contribution is -2.33. The van der Waals surface area contributed by atoms with Crippen molar-refractivity contribution in [3.8, 4) is 0 Å². The molecule has 0 aromatic carbocycles. The van der Waals surface area contributed by atoms with E-state index in [9.17, 15) is 9.59 Å². The first-order valence-electron chi connectivity index (χ1n) is 4.74. The number of hydrogen-bond donors (Lipinski definition) is 1. The summed E-state index contributed by atoms with van der Waals surface area (Å²) in [7, 11) is 1.37. The molecule has 0 atom stereocenters. The average molecular weight is 228 g/mol. The SMILES string of the molecule is COC(=O)N1CCc2s[nH]c(=O)c2CC1. The van der Waals surface area contributed by atoms with Crippen LogP contribution >= 0.6 is 11.5 Å². The van der Waals surface area contributed by atoms with Gasteiger partial charge < -0.3 is 9.64 Å². The van der Waals surface area contributed by atoms with Gasteiger partial charge in [-0.05, 0) is 6.42 Å². The van der Waals surface area contributed by atoms with Crippen LogP contribution in [0.4, 0.5) is 4.79 Å². The number of aromatic nitrogens is 1. The normalized spacial score (nSPS) is 15.7. The maximum absolute atomic E-state index is 11.4. The Morgan fingerprint density at radius 1 is 1.47 bits per heavy atom. The molecule has 0 fully saturated rings. The van der Waals surface area contributed by atoms with Crippen molar-refractivity contribution in [2.75, 3.05) is 20.2 Å². The first kappa shape index (κ1) is 10.2. The van der Waals surface area contributed by atoms with Crippen LogP contribution in [0.25, 0.3) is 0 Å². The lowest BCUT2D eigenvalue weighted by atomic mass is 10.2. The number of carbonyl (C=O) groups excluding carboxylic acids is 1. The molecule has 0 saturated heterocycles. The van der Waals surface area contributed by atoms with Crippen molar-refractivity contribution < 1.29 is 9.53 Å². The smallest absolute Gasteiger partial charge is 0.409 e. The van der Waals surface area contributed by atoms with Gasteiger partial charge >= 0.3 is 6.09 Å². The molecule has 0 bridgehead atoms. The maximum atomic E-state index is 11.4. The van der Waals surface area contributed by atoms with E-state index in [0.29, 0.717) is 19.5 Å². The molecule has 0 saturated carbocycles. The van der Waals surface area contributed by atoms with Crippen LogP contribution in [0, 0.1) is 0 Å². The molecule has 1 amide bonds. The molecule has 1 aliphatic heterocycles. The minimum atomic E-state index is -0.318. The van der Waals surface area contributed by atoms with Gasteiger partial charge in [0, 0.05) is 30.0 Å². The molecule has 1 N–H and O–H groups in total. The first-order valence-corrected chi connectivity index (χ1v) is 5.56. The highest BCUT2D eigenvalue weighted by molar-refractivity contribution is 7.05. The highest BCUT2D eigenvalue weighted by atomic mass is 32.1. The van der Waals surface area contributed by atoms with Crippen LogP contribution < -0.4 is 5.56 Å². The number of carbonyl (C=O) groups is 1. The van der Waals surface area contributed by atoms with Gasteiger partial charge in [-0.2, -0.15) is 0 Å². The number of rotatable bonds is 0. The first-order chi connectivity index (χ1) is 7.22. The predicted molar refractivity (Wildman–Crippen MR) is 56.3 cm³/mol. The molecule has 0 unspecified atom stereocenters. The third-order valence-electron chi connectivity index (χ3n) is 2.55. The fourth-order valence-corrected chi connectivity index (χ4v) is 2.57. The Morgan fingerprint density at radius 2 is 2.20 bits per heavy atom. The van der Waals surface area contributed by atoms with Crippen molar-refractivity contribution in [3.05, 3.63) is 20.8 Å². The summed E-state index contributed by atoms with van der Waals surface area (Å²) in [5.41, 5.74) is 0.813. The number of nitrogens with one attached hydrogen (secondary N) is 1. The highest BCUT2D eigenvalue weighted by Gasteiger charge is 2.21. The van der Waals surface area contributed by atoms with Gasteiger partial charge in [-0.15, -0.1) is 0 Å².